The van der Waals surface area contributed by atoms with Crippen molar-refractivity contribution in [3.8, 4) is 28.2 Å². The first kappa shape index (κ1) is 19.7. The van der Waals surface area contributed by atoms with Gasteiger partial charge in [-0.25, -0.2) is 4.98 Å². The SMILES string of the molecule is CC(C)(O)c1ccc(-c2ccc(-n3ccnc3-c3cccc(Cl)c3Cl)cc2)cc1. The van der Waals surface area contributed by atoms with Gasteiger partial charge in [0.05, 0.1) is 15.6 Å². The van der Waals surface area contributed by atoms with Gasteiger partial charge in [-0.2, -0.15) is 0 Å². The molecule has 0 saturated heterocycles. The minimum atomic E-state index is -0.845. The minimum Gasteiger partial charge on any atom is -0.386 e. The molecule has 0 amide bonds. The van der Waals surface area contributed by atoms with E-state index in [4.69, 9.17) is 23.2 Å². The Hall–Kier alpha value is -2.59. The van der Waals surface area contributed by atoms with Gasteiger partial charge in [-0.1, -0.05) is 65.7 Å². The largest absolute Gasteiger partial charge is 0.386 e. The molecule has 0 saturated carbocycles. The molecule has 4 rings (SSSR count). The second kappa shape index (κ2) is 7.68. The Morgan fingerprint density at radius 3 is 2.10 bits per heavy atom. The number of rotatable bonds is 4. The first-order valence-corrected chi connectivity index (χ1v) is 10.0. The Bertz CT molecular complexity index is 1140. The van der Waals surface area contributed by atoms with Gasteiger partial charge in [0, 0.05) is 23.6 Å². The molecule has 29 heavy (non-hydrogen) atoms. The molecule has 146 valence electrons. The van der Waals surface area contributed by atoms with Gasteiger partial charge in [0.1, 0.15) is 5.82 Å². The summed E-state index contributed by atoms with van der Waals surface area (Å²) in [5.74, 6) is 0.736. The van der Waals surface area contributed by atoms with E-state index in [0.29, 0.717) is 10.0 Å². The zero-order chi connectivity index (χ0) is 20.6. The van der Waals surface area contributed by atoms with Crippen molar-refractivity contribution in [3.05, 3.63) is 94.7 Å². The van der Waals surface area contributed by atoms with Crippen LogP contribution >= 0.6 is 23.2 Å². The Morgan fingerprint density at radius 1 is 0.862 bits per heavy atom. The normalized spacial score (nSPS) is 11.6. The molecular formula is C24H20Cl2N2O. The summed E-state index contributed by atoms with van der Waals surface area (Å²) in [6, 6.07) is 21.7. The average Bonchev–Trinajstić information content (AvgIpc) is 3.19. The van der Waals surface area contributed by atoms with E-state index in [1.807, 2.05) is 59.3 Å². The molecule has 3 nitrogen and oxygen atoms in total. The fraction of sp³-hybridized carbons (Fsp3) is 0.125. The van der Waals surface area contributed by atoms with Gasteiger partial charge in [-0.3, -0.25) is 4.57 Å². The summed E-state index contributed by atoms with van der Waals surface area (Å²) in [4.78, 5) is 4.47. The zero-order valence-electron chi connectivity index (χ0n) is 16.1. The van der Waals surface area contributed by atoms with E-state index >= 15 is 0 Å². The second-order valence-electron chi connectivity index (χ2n) is 7.41. The molecule has 0 unspecified atom stereocenters. The quantitative estimate of drug-likeness (QED) is 0.395. The third kappa shape index (κ3) is 3.95. The Labute approximate surface area is 180 Å². The lowest BCUT2D eigenvalue weighted by molar-refractivity contribution is 0.0786. The number of benzene rings is 3. The predicted molar refractivity (Wildman–Crippen MR) is 120 cm³/mol. The van der Waals surface area contributed by atoms with Crippen molar-refractivity contribution in [2.45, 2.75) is 19.4 Å². The van der Waals surface area contributed by atoms with Crippen LogP contribution in [0.3, 0.4) is 0 Å². The van der Waals surface area contributed by atoms with E-state index in [9.17, 15) is 5.11 Å². The van der Waals surface area contributed by atoms with E-state index in [0.717, 1.165) is 33.8 Å². The van der Waals surface area contributed by atoms with E-state index in [2.05, 4.69) is 17.1 Å². The number of aliphatic hydroxyl groups is 1. The molecule has 0 aliphatic heterocycles. The number of hydrogen-bond acceptors (Lipinski definition) is 2. The molecule has 1 heterocycles. The van der Waals surface area contributed by atoms with Gasteiger partial charge in [0.15, 0.2) is 0 Å². The fourth-order valence-corrected chi connectivity index (χ4v) is 3.66. The lowest BCUT2D eigenvalue weighted by atomic mass is 9.95. The van der Waals surface area contributed by atoms with Crippen molar-refractivity contribution < 1.29 is 5.11 Å². The van der Waals surface area contributed by atoms with Crippen molar-refractivity contribution >= 4 is 23.2 Å². The smallest absolute Gasteiger partial charge is 0.146 e. The van der Waals surface area contributed by atoms with Crippen LogP contribution in [0.25, 0.3) is 28.2 Å². The molecule has 0 spiro atoms. The molecule has 0 aliphatic rings. The molecule has 0 fully saturated rings. The van der Waals surface area contributed by atoms with Gasteiger partial charge in [0.25, 0.3) is 0 Å². The zero-order valence-corrected chi connectivity index (χ0v) is 17.6. The van der Waals surface area contributed by atoms with Crippen molar-refractivity contribution in [1.82, 2.24) is 9.55 Å². The first-order chi connectivity index (χ1) is 13.8. The Kier molecular flexibility index (Phi) is 5.22. The predicted octanol–water partition coefficient (Wildman–Crippen LogP) is 6.74. The third-order valence-corrected chi connectivity index (χ3v) is 5.72. The Morgan fingerprint density at radius 2 is 1.48 bits per heavy atom. The van der Waals surface area contributed by atoms with E-state index in [-0.39, 0.29) is 0 Å². The molecule has 0 bridgehead atoms. The molecule has 4 aromatic rings. The molecule has 3 aromatic carbocycles. The van der Waals surface area contributed by atoms with E-state index < -0.39 is 5.60 Å². The topological polar surface area (TPSA) is 38.0 Å². The summed E-state index contributed by atoms with van der Waals surface area (Å²) in [6.45, 7) is 3.57. The summed E-state index contributed by atoms with van der Waals surface area (Å²) >= 11 is 12.6. The number of aromatic nitrogens is 2. The van der Waals surface area contributed by atoms with Crippen LogP contribution in [0, 0.1) is 0 Å². The highest BCUT2D eigenvalue weighted by atomic mass is 35.5. The van der Waals surface area contributed by atoms with Crippen LogP contribution in [0.2, 0.25) is 10.0 Å². The summed E-state index contributed by atoms with van der Waals surface area (Å²) in [5, 5.41) is 11.1. The molecule has 1 N–H and O–H groups in total. The van der Waals surface area contributed by atoms with Gasteiger partial charge in [0.2, 0.25) is 0 Å². The third-order valence-electron chi connectivity index (χ3n) is 4.90. The minimum absolute atomic E-state index is 0.491. The highest BCUT2D eigenvalue weighted by Crippen LogP contribution is 2.34. The monoisotopic (exact) mass is 422 g/mol. The average molecular weight is 423 g/mol. The molecular weight excluding hydrogens is 403 g/mol. The maximum atomic E-state index is 10.1. The number of nitrogens with zero attached hydrogens (tertiary/aromatic N) is 2. The molecule has 1 aromatic heterocycles. The van der Waals surface area contributed by atoms with Gasteiger partial charge >= 0.3 is 0 Å². The molecule has 5 heteroatoms. The molecule has 0 radical (unpaired) electrons. The second-order valence-corrected chi connectivity index (χ2v) is 8.19. The van der Waals surface area contributed by atoms with Crippen molar-refractivity contribution in [2.24, 2.45) is 0 Å². The lowest BCUT2D eigenvalue weighted by Gasteiger charge is -2.18. The lowest BCUT2D eigenvalue weighted by Crippen LogP contribution is -2.14. The maximum Gasteiger partial charge on any atom is 0.146 e. The fourth-order valence-electron chi connectivity index (χ4n) is 3.27. The summed E-state index contributed by atoms with van der Waals surface area (Å²) in [5.41, 5.74) is 3.99. The number of hydrogen-bond donors (Lipinski definition) is 1. The van der Waals surface area contributed by atoms with Crippen LogP contribution in [-0.2, 0) is 5.60 Å². The standard InChI is InChI=1S/C24H20Cl2N2O/c1-24(2,29)18-10-6-16(7-11-18)17-8-12-19(13-9-17)28-15-14-27-23(28)20-4-3-5-21(25)22(20)26/h3-15,29H,1-2H3. The van der Waals surface area contributed by atoms with Crippen LogP contribution in [0.4, 0.5) is 0 Å². The van der Waals surface area contributed by atoms with Crippen molar-refractivity contribution in [3.63, 3.8) is 0 Å². The van der Waals surface area contributed by atoms with Gasteiger partial charge in [-0.05, 0) is 54.8 Å². The highest BCUT2D eigenvalue weighted by Gasteiger charge is 2.16. The summed E-state index contributed by atoms with van der Waals surface area (Å²) in [7, 11) is 0. The van der Waals surface area contributed by atoms with Crippen LogP contribution in [0.1, 0.15) is 19.4 Å². The van der Waals surface area contributed by atoms with Crippen molar-refractivity contribution in [2.75, 3.05) is 0 Å². The first-order valence-electron chi connectivity index (χ1n) is 9.26. The van der Waals surface area contributed by atoms with Crippen LogP contribution < -0.4 is 0 Å². The van der Waals surface area contributed by atoms with E-state index in [1.54, 1.807) is 26.1 Å². The van der Waals surface area contributed by atoms with Crippen LogP contribution in [-0.4, -0.2) is 14.7 Å². The summed E-state index contributed by atoms with van der Waals surface area (Å²) in [6.07, 6.45) is 3.65. The molecule has 0 aliphatic carbocycles. The Balaban J connectivity index is 1.66. The van der Waals surface area contributed by atoms with Crippen LogP contribution in [0.5, 0.6) is 0 Å². The van der Waals surface area contributed by atoms with Crippen molar-refractivity contribution in [1.29, 1.82) is 0 Å². The number of halogens is 2. The molecule has 0 atom stereocenters. The van der Waals surface area contributed by atoms with Gasteiger partial charge < -0.3 is 5.11 Å². The maximum absolute atomic E-state index is 10.1. The highest BCUT2D eigenvalue weighted by molar-refractivity contribution is 6.43. The van der Waals surface area contributed by atoms with Gasteiger partial charge in [-0.15, -0.1) is 0 Å². The summed E-state index contributed by atoms with van der Waals surface area (Å²) < 4.78 is 1.98. The van der Waals surface area contributed by atoms with E-state index in [1.165, 1.54) is 0 Å². The van der Waals surface area contributed by atoms with Crippen LogP contribution in [0.15, 0.2) is 79.1 Å². The number of imidazole rings is 1.